The Balaban J connectivity index is 1.59. The number of carbonyl (C=O) groups is 1. The highest BCUT2D eigenvalue weighted by Gasteiger charge is 2.24. The molecule has 31 heavy (non-hydrogen) atoms. The van der Waals surface area contributed by atoms with E-state index in [-0.39, 0.29) is 11.6 Å². The van der Waals surface area contributed by atoms with Gasteiger partial charge in [0, 0.05) is 10.4 Å². The van der Waals surface area contributed by atoms with Crippen LogP contribution in [0.4, 0.5) is 22.5 Å². The van der Waals surface area contributed by atoms with Gasteiger partial charge in [0.2, 0.25) is 11.6 Å². The molecule has 3 N–H and O–H groups in total. The van der Waals surface area contributed by atoms with Crippen LogP contribution in [0, 0.1) is 24.0 Å². The summed E-state index contributed by atoms with van der Waals surface area (Å²) in [6, 6.07) is 12.8. The molecule has 2 aromatic carbocycles. The maximum atomic E-state index is 12.7. The monoisotopic (exact) mass is 435 g/mol. The Morgan fingerprint density at radius 2 is 1.81 bits per heavy atom. The smallest absolute Gasteiger partial charge is 0.310 e. The molecule has 11 heteroatoms. The average Bonchev–Trinajstić information content (AvgIpc) is 3.08. The van der Waals surface area contributed by atoms with Crippen molar-refractivity contribution in [3.63, 3.8) is 0 Å². The van der Waals surface area contributed by atoms with Crippen molar-refractivity contribution in [2.24, 2.45) is 0 Å². The molecular formula is C20H17N7O3S. The van der Waals surface area contributed by atoms with Crippen molar-refractivity contribution < 1.29 is 9.72 Å². The molecule has 2 aromatic heterocycles. The number of aryl methyl sites for hydroxylation is 2. The molecule has 0 aliphatic carbocycles. The lowest BCUT2D eigenvalue weighted by molar-refractivity contribution is -0.383. The van der Waals surface area contributed by atoms with E-state index in [1.807, 2.05) is 44.2 Å². The molecule has 4 aromatic rings. The number of nitrogens with one attached hydrogen (secondary N) is 3. The van der Waals surface area contributed by atoms with Crippen LogP contribution in [-0.2, 0) is 0 Å². The number of hydrogen-bond donors (Lipinski definition) is 3. The maximum Gasteiger partial charge on any atom is 0.355 e. The third-order valence-corrected chi connectivity index (χ3v) is 5.58. The summed E-state index contributed by atoms with van der Waals surface area (Å²) in [6.07, 6.45) is 1.16. The fourth-order valence-electron chi connectivity index (χ4n) is 2.97. The summed E-state index contributed by atoms with van der Waals surface area (Å²) in [5, 5.41) is 16.7. The third kappa shape index (κ3) is 4.12. The highest BCUT2D eigenvalue weighted by atomic mass is 32.1. The number of thiazole rings is 1. The molecule has 0 atom stereocenters. The van der Waals surface area contributed by atoms with Gasteiger partial charge in [-0.05, 0) is 30.7 Å². The molecule has 0 aliphatic heterocycles. The van der Waals surface area contributed by atoms with Crippen LogP contribution in [-0.4, -0.2) is 25.8 Å². The second kappa shape index (κ2) is 8.32. The van der Waals surface area contributed by atoms with Crippen LogP contribution in [0.15, 0.2) is 48.8 Å². The molecule has 0 saturated carbocycles. The predicted octanol–water partition coefficient (Wildman–Crippen LogP) is 4.11. The van der Waals surface area contributed by atoms with Crippen molar-refractivity contribution in [2.45, 2.75) is 13.8 Å². The van der Waals surface area contributed by atoms with Crippen LogP contribution < -0.4 is 16.2 Å². The van der Waals surface area contributed by atoms with E-state index < -0.39 is 16.5 Å². The van der Waals surface area contributed by atoms with Crippen molar-refractivity contribution in [3.8, 4) is 0 Å². The normalized spacial score (nSPS) is 10.6. The molecular weight excluding hydrogens is 418 g/mol. The van der Waals surface area contributed by atoms with E-state index in [4.69, 9.17) is 0 Å². The fraction of sp³-hybridized carbons (Fsp3) is 0.100. The molecule has 156 valence electrons. The van der Waals surface area contributed by atoms with E-state index >= 15 is 0 Å². The summed E-state index contributed by atoms with van der Waals surface area (Å²) < 4.78 is 0. The number of fused-ring (bicyclic) bond motifs is 1. The molecule has 2 heterocycles. The zero-order chi connectivity index (χ0) is 22.0. The largest absolute Gasteiger partial charge is 0.355 e. The van der Waals surface area contributed by atoms with Crippen LogP contribution in [0.2, 0.25) is 0 Å². The second-order valence-corrected chi connectivity index (χ2v) is 7.77. The van der Waals surface area contributed by atoms with Gasteiger partial charge in [-0.15, -0.1) is 11.3 Å². The summed E-state index contributed by atoms with van der Waals surface area (Å²) in [6.45, 7) is 3.75. The number of rotatable bonds is 6. The quantitative estimate of drug-likeness (QED) is 0.304. The van der Waals surface area contributed by atoms with E-state index in [1.54, 1.807) is 12.1 Å². The summed E-state index contributed by atoms with van der Waals surface area (Å²) in [5.41, 5.74) is 5.87. The average molecular weight is 435 g/mol. The van der Waals surface area contributed by atoms with Crippen LogP contribution in [0.5, 0.6) is 0 Å². The predicted molar refractivity (Wildman–Crippen MR) is 119 cm³/mol. The Morgan fingerprint density at radius 3 is 2.55 bits per heavy atom. The van der Waals surface area contributed by atoms with Gasteiger partial charge >= 0.3 is 5.69 Å². The number of aromatic nitrogens is 3. The Bertz CT molecular complexity index is 1280. The van der Waals surface area contributed by atoms with E-state index in [1.165, 1.54) is 11.3 Å². The maximum absolute atomic E-state index is 12.7. The van der Waals surface area contributed by atoms with Gasteiger partial charge in [-0.25, -0.2) is 15.0 Å². The van der Waals surface area contributed by atoms with Crippen molar-refractivity contribution in [2.75, 3.05) is 10.7 Å². The summed E-state index contributed by atoms with van der Waals surface area (Å²) in [7, 11) is 0. The molecule has 0 radical (unpaired) electrons. The highest BCUT2D eigenvalue weighted by molar-refractivity contribution is 7.15. The van der Waals surface area contributed by atoms with Gasteiger partial charge < -0.3 is 5.32 Å². The number of amides is 1. The molecule has 0 fully saturated rings. The van der Waals surface area contributed by atoms with Gasteiger partial charge in [-0.2, -0.15) is 0 Å². The van der Waals surface area contributed by atoms with Crippen molar-refractivity contribution in [3.05, 3.63) is 75.0 Å². The van der Waals surface area contributed by atoms with Crippen LogP contribution in [0.1, 0.15) is 20.9 Å². The van der Waals surface area contributed by atoms with Crippen molar-refractivity contribution in [1.82, 2.24) is 20.4 Å². The minimum Gasteiger partial charge on any atom is -0.310 e. The molecule has 0 bridgehead atoms. The lowest BCUT2D eigenvalue weighted by Gasteiger charge is -2.11. The van der Waals surface area contributed by atoms with Crippen LogP contribution in [0.3, 0.4) is 0 Å². The number of nitrogens with zero attached hydrogens (tertiary/aromatic N) is 4. The highest BCUT2D eigenvalue weighted by Crippen LogP contribution is 2.32. The van der Waals surface area contributed by atoms with E-state index in [0.717, 1.165) is 27.7 Å². The summed E-state index contributed by atoms with van der Waals surface area (Å²) >= 11 is 1.36. The number of nitro groups is 1. The first-order valence-electron chi connectivity index (χ1n) is 9.18. The first-order valence-corrected chi connectivity index (χ1v) is 10.00. The molecule has 0 spiro atoms. The topological polar surface area (TPSA) is 135 Å². The minimum absolute atomic E-state index is 0.0318. The minimum atomic E-state index is -0.623. The number of carbonyl (C=O) groups excluding carboxylic acids is 1. The first kappa shape index (κ1) is 20.2. The number of hydrogen-bond acceptors (Lipinski definition) is 9. The van der Waals surface area contributed by atoms with Gasteiger partial charge in [0.1, 0.15) is 6.33 Å². The fourth-order valence-corrected chi connectivity index (χ4v) is 3.78. The van der Waals surface area contributed by atoms with E-state index in [2.05, 4.69) is 31.1 Å². The number of benzene rings is 2. The summed E-state index contributed by atoms with van der Waals surface area (Å²) in [5.74, 6) is -0.637. The Hall–Kier alpha value is -4.12. The lowest BCUT2D eigenvalue weighted by atomic mass is 10.0. The van der Waals surface area contributed by atoms with Gasteiger partial charge in [-0.3, -0.25) is 25.8 Å². The first-order chi connectivity index (χ1) is 14.9. The van der Waals surface area contributed by atoms with Crippen LogP contribution in [0.25, 0.3) is 10.8 Å². The number of anilines is 3. The van der Waals surface area contributed by atoms with Crippen molar-refractivity contribution in [1.29, 1.82) is 0 Å². The van der Waals surface area contributed by atoms with Crippen LogP contribution >= 0.6 is 11.3 Å². The standard InChI is InChI=1S/C20H17N7O3S/c1-11-12(2)31-20(23-11)24-17-16(27(29)30)18(22-10-21-17)25-26-19(28)15-9-5-7-13-6-3-4-8-14(13)15/h3-10H,1-2H3,(H,26,28)(H2,21,22,23,24,25). The molecule has 4 rings (SSSR count). The molecule has 0 unspecified atom stereocenters. The Morgan fingerprint density at radius 1 is 1.06 bits per heavy atom. The second-order valence-electron chi connectivity index (χ2n) is 6.57. The molecule has 0 saturated heterocycles. The molecule has 10 nitrogen and oxygen atoms in total. The SMILES string of the molecule is Cc1nc(Nc2ncnc(NNC(=O)c3cccc4ccccc34)c2[N+](=O)[O-])sc1C. The zero-order valence-electron chi connectivity index (χ0n) is 16.5. The van der Waals surface area contributed by atoms with Gasteiger partial charge in [0.15, 0.2) is 5.13 Å². The zero-order valence-corrected chi connectivity index (χ0v) is 17.4. The molecule has 0 aliphatic rings. The van der Waals surface area contributed by atoms with Crippen molar-refractivity contribution >= 4 is 50.5 Å². The van der Waals surface area contributed by atoms with E-state index in [0.29, 0.717) is 10.7 Å². The van der Waals surface area contributed by atoms with Gasteiger partial charge in [0.25, 0.3) is 5.91 Å². The molecule has 1 amide bonds. The lowest BCUT2D eigenvalue weighted by Crippen LogP contribution is -2.30. The Kier molecular flexibility index (Phi) is 5.41. The third-order valence-electron chi connectivity index (χ3n) is 4.59. The van der Waals surface area contributed by atoms with E-state index in [9.17, 15) is 14.9 Å². The van der Waals surface area contributed by atoms with Gasteiger partial charge in [0.05, 0.1) is 10.6 Å². The van der Waals surface area contributed by atoms with Gasteiger partial charge in [-0.1, -0.05) is 36.4 Å². The Labute approximate surface area is 180 Å². The summed E-state index contributed by atoms with van der Waals surface area (Å²) in [4.78, 5) is 37.0. The number of hydrazine groups is 1.